The van der Waals surface area contributed by atoms with Gasteiger partial charge >= 0.3 is 0 Å². The highest BCUT2D eigenvalue weighted by molar-refractivity contribution is 6.44. The highest BCUT2D eigenvalue weighted by atomic mass is 35.5. The SMILES string of the molecule is CC(C(=O)Nc1cccc(Cl)c1Cl)N1CCN(c2cccc(Cl)c2)CC1. The lowest BCUT2D eigenvalue weighted by Crippen LogP contribution is -2.52. The van der Waals surface area contributed by atoms with Gasteiger partial charge in [-0.3, -0.25) is 9.69 Å². The lowest BCUT2D eigenvalue weighted by Gasteiger charge is -2.38. The summed E-state index contributed by atoms with van der Waals surface area (Å²) >= 11 is 18.2. The molecular formula is C19H20Cl3N3O. The number of benzene rings is 2. The van der Waals surface area contributed by atoms with Crippen molar-refractivity contribution >= 4 is 52.1 Å². The Morgan fingerprint density at radius 2 is 1.73 bits per heavy atom. The molecule has 3 rings (SSSR count). The summed E-state index contributed by atoms with van der Waals surface area (Å²) in [6.07, 6.45) is 0. The van der Waals surface area contributed by atoms with E-state index >= 15 is 0 Å². The van der Waals surface area contributed by atoms with E-state index in [0.717, 1.165) is 36.9 Å². The van der Waals surface area contributed by atoms with Crippen LogP contribution in [0.25, 0.3) is 0 Å². The fraction of sp³-hybridized carbons (Fsp3) is 0.316. The van der Waals surface area contributed by atoms with Crippen LogP contribution in [0.4, 0.5) is 11.4 Å². The van der Waals surface area contributed by atoms with Crippen LogP contribution in [0.2, 0.25) is 15.1 Å². The van der Waals surface area contributed by atoms with Crippen LogP contribution >= 0.6 is 34.8 Å². The summed E-state index contributed by atoms with van der Waals surface area (Å²) in [5.41, 5.74) is 1.65. The van der Waals surface area contributed by atoms with Crippen molar-refractivity contribution in [2.45, 2.75) is 13.0 Å². The van der Waals surface area contributed by atoms with Crippen molar-refractivity contribution in [2.24, 2.45) is 0 Å². The van der Waals surface area contributed by atoms with E-state index in [1.54, 1.807) is 18.2 Å². The largest absolute Gasteiger partial charge is 0.369 e. The average molecular weight is 413 g/mol. The first-order valence-electron chi connectivity index (χ1n) is 8.45. The van der Waals surface area contributed by atoms with Crippen molar-refractivity contribution in [1.82, 2.24) is 4.90 Å². The minimum atomic E-state index is -0.258. The lowest BCUT2D eigenvalue weighted by molar-refractivity contribution is -0.120. The monoisotopic (exact) mass is 411 g/mol. The number of amides is 1. The molecule has 0 spiro atoms. The predicted octanol–water partition coefficient (Wildman–Crippen LogP) is 4.80. The first-order chi connectivity index (χ1) is 12.5. The molecule has 0 radical (unpaired) electrons. The van der Waals surface area contributed by atoms with Crippen molar-refractivity contribution in [1.29, 1.82) is 0 Å². The van der Waals surface area contributed by atoms with Crippen LogP contribution in [-0.2, 0) is 4.79 Å². The van der Waals surface area contributed by atoms with Gasteiger partial charge in [-0.1, -0.05) is 46.9 Å². The Bertz CT molecular complexity index is 791. The van der Waals surface area contributed by atoms with Gasteiger partial charge in [-0.25, -0.2) is 0 Å². The Kier molecular flexibility index (Phi) is 6.30. The molecule has 1 unspecified atom stereocenters. The molecular weight excluding hydrogens is 393 g/mol. The maximum atomic E-state index is 12.6. The molecule has 0 aliphatic carbocycles. The van der Waals surface area contributed by atoms with Crippen molar-refractivity contribution in [2.75, 3.05) is 36.4 Å². The number of halogens is 3. The van der Waals surface area contributed by atoms with Crippen molar-refractivity contribution in [3.05, 3.63) is 57.5 Å². The van der Waals surface area contributed by atoms with Crippen LogP contribution in [0.15, 0.2) is 42.5 Å². The molecule has 1 aliphatic heterocycles. The number of nitrogens with zero attached hydrogens (tertiary/aromatic N) is 2. The second-order valence-electron chi connectivity index (χ2n) is 6.27. The van der Waals surface area contributed by atoms with Crippen LogP contribution in [0.1, 0.15) is 6.92 Å². The van der Waals surface area contributed by atoms with E-state index < -0.39 is 0 Å². The molecule has 138 valence electrons. The lowest BCUT2D eigenvalue weighted by atomic mass is 10.2. The summed E-state index contributed by atoms with van der Waals surface area (Å²) in [6, 6.07) is 12.8. The summed E-state index contributed by atoms with van der Waals surface area (Å²) in [7, 11) is 0. The third-order valence-corrected chi connectivity index (χ3v) is 5.68. The molecule has 1 N–H and O–H groups in total. The van der Waals surface area contributed by atoms with Gasteiger partial charge in [0, 0.05) is 36.9 Å². The van der Waals surface area contributed by atoms with E-state index in [-0.39, 0.29) is 11.9 Å². The number of carbonyl (C=O) groups is 1. The second-order valence-corrected chi connectivity index (χ2v) is 7.49. The Hall–Kier alpha value is -1.46. The van der Waals surface area contributed by atoms with Gasteiger partial charge in [0.2, 0.25) is 5.91 Å². The summed E-state index contributed by atoms with van der Waals surface area (Å²) in [4.78, 5) is 17.0. The highest BCUT2D eigenvalue weighted by Crippen LogP contribution is 2.29. The van der Waals surface area contributed by atoms with Crippen molar-refractivity contribution in [3.63, 3.8) is 0 Å². The number of hydrogen-bond donors (Lipinski definition) is 1. The normalized spacial score (nSPS) is 16.4. The molecule has 7 heteroatoms. The van der Waals surface area contributed by atoms with Gasteiger partial charge in [0.25, 0.3) is 0 Å². The Morgan fingerprint density at radius 1 is 1.04 bits per heavy atom. The van der Waals surface area contributed by atoms with Gasteiger partial charge < -0.3 is 10.2 Å². The number of rotatable bonds is 4. The zero-order valence-corrected chi connectivity index (χ0v) is 16.7. The van der Waals surface area contributed by atoms with Gasteiger partial charge in [-0.15, -0.1) is 0 Å². The third-order valence-electron chi connectivity index (χ3n) is 4.62. The standard InChI is InChI=1S/C19H20Cl3N3O/c1-13(19(26)23-17-7-3-6-16(21)18(17)22)24-8-10-25(11-9-24)15-5-2-4-14(20)12-15/h2-7,12-13H,8-11H2,1H3,(H,23,26). The predicted molar refractivity (Wildman–Crippen MR) is 110 cm³/mol. The highest BCUT2D eigenvalue weighted by Gasteiger charge is 2.26. The molecule has 0 saturated carbocycles. The molecule has 2 aromatic rings. The van der Waals surface area contributed by atoms with E-state index in [4.69, 9.17) is 34.8 Å². The first-order valence-corrected chi connectivity index (χ1v) is 9.58. The third kappa shape index (κ3) is 4.44. The fourth-order valence-corrected chi connectivity index (χ4v) is 3.58. The number of piperazine rings is 1. The van der Waals surface area contributed by atoms with Crippen LogP contribution in [0, 0.1) is 0 Å². The first kappa shape index (κ1) is 19.3. The van der Waals surface area contributed by atoms with Gasteiger partial charge in [-0.05, 0) is 37.3 Å². The molecule has 26 heavy (non-hydrogen) atoms. The van der Waals surface area contributed by atoms with Crippen molar-refractivity contribution in [3.8, 4) is 0 Å². The molecule has 0 aromatic heterocycles. The van der Waals surface area contributed by atoms with Crippen LogP contribution in [-0.4, -0.2) is 43.0 Å². The molecule has 2 aromatic carbocycles. The zero-order valence-electron chi connectivity index (χ0n) is 14.4. The van der Waals surface area contributed by atoms with Crippen LogP contribution < -0.4 is 10.2 Å². The molecule has 1 aliphatic rings. The van der Waals surface area contributed by atoms with E-state index in [2.05, 4.69) is 21.2 Å². The topological polar surface area (TPSA) is 35.6 Å². The molecule has 1 heterocycles. The summed E-state index contributed by atoms with van der Waals surface area (Å²) in [5, 5.41) is 4.39. The van der Waals surface area contributed by atoms with Crippen molar-refractivity contribution < 1.29 is 4.79 Å². The quantitative estimate of drug-likeness (QED) is 0.784. The summed E-state index contributed by atoms with van der Waals surface area (Å²) < 4.78 is 0. The second kappa shape index (κ2) is 8.49. The van der Waals surface area contributed by atoms with Gasteiger partial charge in [0.05, 0.1) is 21.8 Å². The minimum Gasteiger partial charge on any atom is -0.369 e. The molecule has 1 fully saturated rings. The molecule has 1 atom stereocenters. The van der Waals surface area contributed by atoms with Crippen LogP contribution in [0.3, 0.4) is 0 Å². The fourth-order valence-electron chi connectivity index (χ4n) is 3.04. The Morgan fingerprint density at radius 3 is 2.42 bits per heavy atom. The number of hydrogen-bond acceptors (Lipinski definition) is 3. The number of anilines is 2. The van der Waals surface area contributed by atoms with E-state index in [1.807, 2.05) is 25.1 Å². The zero-order chi connectivity index (χ0) is 18.7. The average Bonchev–Trinajstić information content (AvgIpc) is 2.65. The minimum absolute atomic E-state index is 0.0922. The molecule has 4 nitrogen and oxygen atoms in total. The van der Waals surface area contributed by atoms with Gasteiger partial charge in [-0.2, -0.15) is 0 Å². The van der Waals surface area contributed by atoms with E-state index in [9.17, 15) is 4.79 Å². The number of carbonyl (C=O) groups excluding carboxylic acids is 1. The van der Waals surface area contributed by atoms with Crippen LogP contribution in [0.5, 0.6) is 0 Å². The molecule has 1 saturated heterocycles. The smallest absolute Gasteiger partial charge is 0.241 e. The van der Waals surface area contributed by atoms with Gasteiger partial charge in [0.1, 0.15) is 0 Å². The number of nitrogens with one attached hydrogen (secondary N) is 1. The van der Waals surface area contributed by atoms with E-state index in [0.29, 0.717) is 15.7 Å². The Balaban J connectivity index is 1.58. The van der Waals surface area contributed by atoms with E-state index in [1.165, 1.54) is 0 Å². The van der Waals surface area contributed by atoms with Gasteiger partial charge in [0.15, 0.2) is 0 Å². The molecule has 1 amide bonds. The molecule has 0 bridgehead atoms. The Labute approximate surface area is 168 Å². The maximum absolute atomic E-state index is 12.6. The maximum Gasteiger partial charge on any atom is 0.241 e. The summed E-state index contributed by atoms with van der Waals surface area (Å²) in [6.45, 7) is 5.18. The summed E-state index contributed by atoms with van der Waals surface area (Å²) in [5.74, 6) is -0.0922.